The molecule has 1 aromatic heterocycles. The Morgan fingerprint density at radius 3 is 3.20 bits per heavy atom. The summed E-state index contributed by atoms with van der Waals surface area (Å²) in [5.74, 6) is 0. The third-order valence-corrected chi connectivity index (χ3v) is 3.23. The van der Waals surface area contributed by atoms with Gasteiger partial charge in [0, 0.05) is 12.6 Å². The number of likely N-dealkylation sites (tertiary alicyclic amines) is 1. The van der Waals surface area contributed by atoms with Crippen LogP contribution in [0.3, 0.4) is 0 Å². The molecule has 1 saturated heterocycles. The molecule has 1 aliphatic heterocycles. The predicted molar refractivity (Wildman–Crippen MR) is 58.5 cm³/mol. The second kappa shape index (κ2) is 4.77. The molecule has 4 nitrogen and oxygen atoms in total. The van der Waals surface area contributed by atoms with E-state index in [1.165, 1.54) is 19.4 Å². The van der Waals surface area contributed by atoms with Crippen LogP contribution in [0.15, 0.2) is 12.5 Å². The van der Waals surface area contributed by atoms with E-state index in [-0.39, 0.29) is 6.61 Å². The Morgan fingerprint density at radius 1 is 1.60 bits per heavy atom. The zero-order valence-electron chi connectivity index (χ0n) is 9.26. The number of likely N-dealkylation sites (N-methyl/N-ethyl adjacent to an activating group) is 1. The molecule has 84 valence electrons. The minimum Gasteiger partial charge on any atom is -0.390 e. The highest BCUT2D eigenvalue weighted by atomic mass is 16.3. The second-order valence-electron chi connectivity index (χ2n) is 4.14. The molecule has 2 rings (SSSR count). The first kappa shape index (κ1) is 10.6. The molecule has 0 spiro atoms. The minimum absolute atomic E-state index is 0.0859. The third-order valence-electron chi connectivity index (χ3n) is 3.23. The lowest BCUT2D eigenvalue weighted by Gasteiger charge is -2.33. The van der Waals surface area contributed by atoms with Gasteiger partial charge in [-0.25, -0.2) is 4.98 Å². The van der Waals surface area contributed by atoms with Crippen LogP contribution in [0.2, 0.25) is 0 Å². The first-order valence-electron chi connectivity index (χ1n) is 5.69. The normalized spacial score (nSPS) is 23.2. The van der Waals surface area contributed by atoms with E-state index in [9.17, 15) is 5.11 Å². The van der Waals surface area contributed by atoms with Gasteiger partial charge in [-0.05, 0) is 25.9 Å². The van der Waals surface area contributed by atoms with Crippen molar-refractivity contribution in [3.05, 3.63) is 18.2 Å². The molecule has 1 unspecified atom stereocenters. The molecule has 2 heterocycles. The molecule has 0 aliphatic carbocycles. The summed E-state index contributed by atoms with van der Waals surface area (Å²) in [7, 11) is 0. The van der Waals surface area contributed by atoms with Gasteiger partial charge in [0.05, 0.1) is 24.8 Å². The van der Waals surface area contributed by atoms with Gasteiger partial charge in [-0.1, -0.05) is 6.92 Å². The Hall–Kier alpha value is -0.870. The van der Waals surface area contributed by atoms with Crippen molar-refractivity contribution < 1.29 is 5.11 Å². The van der Waals surface area contributed by atoms with Crippen LogP contribution >= 0.6 is 0 Å². The minimum atomic E-state index is 0.0859. The van der Waals surface area contributed by atoms with Gasteiger partial charge >= 0.3 is 0 Å². The monoisotopic (exact) mass is 209 g/mol. The van der Waals surface area contributed by atoms with Crippen molar-refractivity contribution in [2.24, 2.45) is 0 Å². The first-order valence-corrected chi connectivity index (χ1v) is 5.69. The van der Waals surface area contributed by atoms with E-state index in [4.69, 9.17) is 0 Å². The number of nitrogens with zero attached hydrogens (tertiary/aromatic N) is 3. The zero-order chi connectivity index (χ0) is 10.7. The van der Waals surface area contributed by atoms with E-state index >= 15 is 0 Å². The molecule has 0 bridgehead atoms. The summed E-state index contributed by atoms with van der Waals surface area (Å²) in [5, 5.41) is 9.19. The number of aromatic nitrogens is 2. The van der Waals surface area contributed by atoms with E-state index in [2.05, 4.69) is 21.4 Å². The van der Waals surface area contributed by atoms with Gasteiger partial charge in [0.2, 0.25) is 0 Å². The summed E-state index contributed by atoms with van der Waals surface area (Å²) in [6.45, 7) is 5.68. The maximum absolute atomic E-state index is 9.19. The average Bonchev–Trinajstić information content (AvgIpc) is 2.77. The SMILES string of the molecule is CCN1CCCC(n2cncc2CO)C1. The van der Waals surface area contributed by atoms with Crippen molar-refractivity contribution in [2.75, 3.05) is 19.6 Å². The summed E-state index contributed by atoms with van der Waals surface area (Å²) >= 11 is 0. The topological polar surface area (TPSA) is 41.3 Å². The number of piperidine rings is 1. The lowest BCUT2D eigenvalue weighted by molar-refractivity contribution is 0.177. The Balaban J connectivity index is 2.09. The molecule has 15 heavy (non-hydrogen) atoms. The van der Waals surface area contributed by atoms with E-state index in [0.717, 1.165) is 18.8 Å². The Labute approximate surface area is 90.5 Å². The number of aliphatic hydroxyl groups excluding tert-OH is 1. The van der Waals surface area contributed by atoms with Gasteiger partial charge in [-0.3, -0.25) is 0 Å². The molecule has 0 aromatic carbocycles. The standard InChI is InChI=1S/C11H19N3O/c1-2-13-5-3-4-10(7-13)14-9-12-6-11(14)8-15/h6,9-10,15H,2-5,7-8H2,1H3. The fourth-order valence-electron chi connectivity index (χ4n) is 2.33. The van der Waals surface area contributed by atoms with Crippen molar-refractivity contribution in [1.29, 1.82) is 0 Å². The first-order chi connectivity index (χ1) is 7.35. The highest BCUT2D eigenvalue weighted by Crippen LogP contribution is 2.22. The second-order valence-corrected chi connectivity index (χ2v) is 4.14. The lowest BCUT2D eigenvalue weighted by atomic mass is 10.1. The highest BCUT2D eigenvalue weighted by Gasteiger charge is 2.21. The van der Waals surface area contributed by atoms with Gasteiger partial charge in [0.1, 0.15) is 0 Å². The molecule has 1 atom stereocenters. The van der Waals surface area contributed by atoms with Crippen LogP contribution in [0.1, 0.15) is 31.5 Å². The smallest absolute Gasteiger partial charge is 0.0951 e. The van der Waals surface area contributed by atoms with E-state index in [1.54, 1.807) is 6.20 Å². The number of hydrogen-bond acceptors (Lipinski definition) is 3. The van der Waals surface area contributed by atoms with Crippen LogP contribution in [0.5, 0.6) is 0 Å². The molecule has 1 N–H and O–H groups in total. The number of aliphatic hydroxyl groups is 1. The maximum Gasteiger partial charge on any atom is 0.0951 e. The molecule has 4 heteroatoms. The summed E-state index contributed by atoms with van der Waals surface area (Å²) < 4.78 is 2.13. The highest BCUT2D eigenvalue weighted by molar-refractivity contribution is 4.99. The number of hydrogen-bond donors (Lipinski definition) is 1. The molecule has 0 saturated carbocycles. The Kier molecular flexibility index (Phi) is 3.38. The fraction of sp³-hybridized carbons (Fsp3) is 0.727. The van der Waals surface area contributed by atoms with Crippen LogP contribution in [-0.4, -0.2) is 39.2 Å². The van der Waals surface area contributed by atoms with Gasteiger partial charge in [0.25, 0.3) is 0 Å². The third kappa shape index (κ3) is 2.21. The largest absolute Gasteiger partial charge is 0.390 e. The molecule has 0 amide bonds. The van der Waals surface area contributed by atoms with E-state index < -0.39 is 0 Å². The van der Waals surface area contributed by atoms with Gasteiger partial charge in [-0.15, -0.1) is 0 Å². The Bertz CT molecular complexity index is 311. The maximum atomic E-state index is 9.19. The summed E-state index contributed by atoms with van der Waals surface area (Å²) in [4.78, 5) is 6.56. The summed E-state index contributed by atoms with van der Waals surface area (Å²) in [6, 6.07) is 0.489. The van der Waals surface area contributed by atoms with Crippen LogP contribution in [0.25, 0.3) is 0 Å². The zero-order valence-corrected chi connectivity index (χ0v) is 9.26. The van der Waals surface area contributed by atoms with Crippen molar-refractivity contribution in [3.8, 4) is 0 Å². The van der Waals surface area contributed by atoms with Crippen LogP contribution < -0.4 is 0 Å². The van der Waals surface area contributed by atoms with Crippen LogP contribution in [-0.2, 0) is 6.61 Å². The number of imidazole rings is 1. The molecular weight excluding hydrogens is 190 g/mol. The quantitative estimate of drug-likeness (QED) is 0.808. The molecule has 0 radical (unpaired) electrons. The predicted octanol–water partition coefficient (Wildman–Crippen LogP) is 1.03. The molecule has 1 aromatic rings. The van der Waals surface area contributed by atoms with E-state index in [1.807, 2.05) is 6.33 Å². The van der Waals surface area contributed by atoms with Crippen molar-refractivity contribution >= 4 is 0 Å². The van der Waals surface area contributed by atoms with Gasteiger partial charge in [0.15, 0.2) is 0 Å². The van der Waals surface area contributed by atoms with Gasteiger partial charge < -0.3 is 14.6 Å². The van der Waals surface area contributed by atoms with Crippen LogP contribution in [0.4, 0.5) is 0 Å². The van der Waals surface area contributed by atoms with Crippen LogP contribution in [0, 0.1) is 0 Å². The molecule has 1 fully saturated rings. The summed E-state index contributed by atoms with van der Waals surface area (Å²) in [6.07, 6.45) is 6.03. The Morgan fingerprint density at radius 2 is 2.47 bits per heavy atom. The molecular formula is C11H19N3O. The lowest BCUT2D eigenvalue weighted by Crippen LogP contribution is -2.36. The number of rotatable bonds is 3. The average molecular weight is 209 g/mol. The van der Waals surface area contributed by atoms with Crippen molar-refractivity contribution in [1.82, 2.24) is 14.5 Å². The van der Waals surface area contributed by atoms with Crippen molar-refractivity contribution in [2.45, 2.75) is 32.4 Å². The fourth-order valence-corrected chi connectivity index (χ4v) is 2.33. The van der Waals surface area contributed by atoms with E-state index in [0.29, 0.717) is 6.04 Å². The summed E-state index contributed by atoms with van der Waals surface area (Å²) in [5.41, 5.74) is 0.929. The van der Waals surface area contributed by atoms with Crippen molar-refractivity contribution in [3.63, 3.8) is 0 Å². The molecule has 1 aliphatic rings. The van der Waals surface area contributed by atoms with Gasteiger partial charge in [-0.2, -0.15) is 0 Å².